The smallest absolute Gasteiger partial charge is 0.416 e. The maximum atomic E-state index is 12.9. The second kappa shape index (κ2) is 6.53. The van der Waals surface area contributed by atoms with Gasteiger partial charge in [0.25, 0.3) is 0 Å². The van der Waals surface area contributed by atoms with Gasteiger partial charge in [-0.15, -0.1) is 0 Å². The normalized spacial score (nSPS) is 28.9. The number of rotatable bonds is 2. The van der Waals surface area contributed by atoms with Crippen molar-refractivity contribution in [2.45, 2.75) is 44.2 Å². The molecule has 3 aliphatic rings. The number of ether oxygens (including phenoxy) is 1. The van der Waals surface area contributed by atoms with Gasteiger partial charge in [0.1, 0.15) is 0 Å². The van der Waals surface area contributed by atoms with E-state index >= 15 is 0 Å². The number of cyclic esters (lactones) is 1. The van der Waals surface area contributed by atoms with Gasteiger partial charge in [0.05, 0.1) is 18.6 Å². The summed E-state index contributed by atoms with van der Waals surface area (Å²) in [7, 11) is 0. The molecule has 2 heterocycles. The van der Waals surface area contributed by atoms with E-state index in [1.807, 2.05) is 4.90 Å². The van der Waals surface area contributed by atoms with Crippen LogP contribution in [0.2, 0.25) is 0 Å². The van der Waals surface area contributed by atoms with Crippen LogP contribution in [0.3, 0.4) is 0 Å². The largest absolute Gasteiger partial charge is 0.465 e. The van der Waals surface area contributed by atoms with Crippen molar-refractivity contribution in [1.82, 2.24) is 4.90 Å². The SMILES string of the molecule is O=C1CC2(CO1)CC(C(=O)N1CCC(c3cccc(C(F)(F)F)c3)CC1)C2. The Kier molecular flexibility index (Phi) is 4.43. The molecular formula is C20H22F3NO3. The van der Waals surface area contributed by atoms with Crippen LogP contribution >= 0.6 is 0 Å². The van der Waals surface area contributed by atoms with Crippen LogP contribution in [0.15, 0.2) is 24.3 Å². The number of carbonyl (C=O) groups excluding carboxylic acids is 2. The van der Waals surface area contributed by atoms with Crippen LogP contribution in [0.1, 0.15) is 49.1 Å². The highest BCUT2D eigenvalue weighted by Crippen LogP contribution is 2.52. The number of nitrogens with zero attached hydrogens (tertiary/aromatic N) is 1. The lowest BCUT2D eigenvalue weighted by molar-refractivity contribution is -0.144. The fourth-order valence-corrected chi connectivity index (χ4v) is 4.72. The molecule has 2 aliphatic heterocycles. The molecule has 1 aromatic rings. The van der Waals surface area contributed by atoms with Crippen molar-refractivity contribution >= 4 is 11.9 Å². The van der Waals surface area contributed by atoms with Crippen molar-refractivity contribution in [2.24, 2.45) is 11.3 Å². The molecule has 3 fully saturated rings. The molecule has 0 atom stereocenters. The van der Waals surface area contributed by atoms with E-state index in [9.17, 15) is 22.8 Å². The van der Waals surface area contributed by atoms with E-state index in [1.54, 1.807) is 6.07 Å². The topological polar surface area (TPSA) is 46.6 Å². The summed E-state index contributed by atoms with van der Waals surface area (Å²) in [5, 5.41) is 0. The number of carbonyl (C=O) groups is 2. The lowest BCUT2D eigenvalue weighted by atomic mass is 9.61. The maximum absolute atomic E-state index is 12.9. The number of hydrogen-bond acceptors (Lipinski definition) is 3. The lowest BCUT2D eigenvalue weighted by Crippen LogP contribution is -2.49. The molecule has 2 saturated heterocycles. The van der Waals surface area contributed by atoms with E-state index in [4.69, 9.17) is 4.74 Å². The van der Waals surface area contributed by atoms with E-state index in [0.717, 1.165) is 6.07 Å². The van der Waals surface area contributed by atoms with E-state index in [2.05, 4.69) is 0 Å². The predicted molar refractivity (Wildman–Crippen MR) is 90.7 cm³/mol. The highest BCUT2D eigenvalue weighted by molar-refractivity contribution is 5.81. The summed E-state index contributed by atoms with van der Waals surface area (Å²) >= 11 is 0. The minimum absolute atomic E-state index is 0.0462. The van der Waals surface area contributed by atoms with Gasteiger partial charge in [-0.1, -0.05) is 18.2 Å². The molecule has 1 aromatic carbocycles. The first-order valence-corrected chi connectivity index (χ1v) is 9.37. The highest BCUT2D eigenvalue weighted by Gasteiger charge is 2.53. The Bertz CT molecular complexity index is 747. The second-order valence-corrected chi connectivity index (χ2v) is 8.17. The number of hydrogen-bond donors (Lipinski definition) is 0. The number of likely N-dealkylation sites (tertiary alicyclic amines) is 1. The van der Waals surface area contributed by atoms with Gasteiger partial charge in [-0.25, -0.2) is 0 Å². The molecule has 4 rings (SSSR count). The third kappa shape index (κ3) is 3.56. The molecule has 1 spiro atoms. The molecule has 0 unspecified atom stereocenters. The minimum Gasteiger partial charge on any atom is -0.465 e. The third-order valence-electron chi connectivity index (χ3n) is 6.26. The molecule has 4 nitrogen and oxygen atoms in total. The molecule has 0 radical (unpaired) electrons. The number of amides is 1. The van der Waals surface area contributed by atoms with Crippen molar-refractivity contribution in [3.63, 3.8) is 0 Å². The lowest BCUT2D eigenvalue weighted by Gasteiger charge is -2.45. The van der Waals surface area contributed by atoms with Gasteiger partial charge in [-0.05, 0) is 43.2 Å². The number of alkyl halides is 3. The fourth-order valence-electron chi connectivity index (χ4n) is 4.72. The van der Waals surface area contributed by atoms with Crippen molar-refractivity contribution in [1.29, 1.82) is 0 Å². The molecule has 1 aliphatic carbocycles. The predicted octanol–water partition coefficient (Wildman–Crippen LogP) is 3.75. The quantitative estimate of drug-likeness (QED) is 0.733. The monoisotopic (exact) mass is 381 g/mol. The summed E-state index contributed by atoms with van der Waals surface area (Å²) in [5.74, 6) is -0.0696. The third-order valence-corrected chi connectivity index (χ3v) is 6.26. The molecule has 0 aromatic heterocycles. The number of piperidine rings is 1. The van der Waals surface area contributed by atoms with E-state index in [0.29, 0.717) is 57.4 Å². The van der Waals surface area contributed by atoms with Gasteiger partial charge in [0, 0.05) is 24.4 Å². The van der Waals surface area contributed by atoms with Crippen molar-refractivity contribution in [3.8, 4) is 0 Å². The molecule has 146 valence electrons. The van der Waals surface area contributed by atoms with Crippen molar-refractivity contribution in [2.75, 3.05) is 19.7 Å². The number of esters is 1. The molecule has 0 N–H and O–H groups in total. The molecule has 1 saturated carbocycles. The average Bonchev–Trinajstić information content (AvgIpc) is 3.02. The Hall–Kier alpha value is -2.05. The standard InChI is InChI=1S/C20H22F3NO3/c21-20(22,23)16-3-1-2-14(8-16)13-4-6-24(7-5-13)18(26)15-9-19(10-15)11-17(25)27-12-19/h1-3,8,13,15H,4-7,9-12H2. The zero-order valence-corrected chi connectivity index (χ0v) is 14.9. The number of benzene rings is 1. The van der Waals surface area contributed by atoms with Crippen LogP contribution in [-0.4, -0.2) is 36.5 Å². The second-order valence-electron chi connectivity index (χ2n) is 8.17. The van der Waals surface area contributed by atoms with Crippen molar-refractivity contribution < 1.29 is 27.5 Å². The van der Waals surface area contributed by atoms with Gasteiger partial charge >= 0.3 is 12.1 Å². The first-order valence-electron chi connectivity index (χ1n) is 9.37. The molecule has 0 bridgehead atoms. The summed E-state index contributed by atoms with van der Waals surface area (Å²) in [6.07, 6.45) is -1.18. The van der Waals surface area contributed by atoms with Gasteiger partial charge in [-0.2, -0.15) is 13.2 Å². The molecule has 27 heavy (non-hydrogen) atoms. The molecule has 7 heteroatoms. The van der Waals surface area contributed by atoms with Gasteiger partial charge < -0.3 is 9.64 Å². The van der Waals surface area contributed by atoms with E-state index in [-0.39, 0.29) is 29.1 Å². The Labute approximate surface area is 155 Å². The van der Waals surface area contributed by atoms with Crippen LogP contribution in [0.5, 0.6) is 0 Å². The summed E-state index contributed by atoms with van der Waals surface area (Å²) in [5.41, 5.74) is -0.0546. The van der Waals surface area contributed by atoms with Crippen LogP contribution in [0.4, 0.5) is 13.2 Å². The fraction of sp³-hybridized carbons (Fsp3) is 0.600. The van der Waals surface area contributed by atoms with E-state index in [1.165, 1.54) is 12.1 Å². The summed E-state index contributed by atoms with van der Waals surface area (Å²) in [6.45, 7) is 1.56. The summed E-state index contributed by atoms with van der Waals surface area (Å²) < 4.78 is 43.7. The zero-order valence-electron chi connectivity index (χ0n) is 14.9. The Morgan fingerprint density at radius 1 is 1.19 bits per heavy atom. The van der Waals surface area contributed by atoms with E-state index < -0.39 is 11.7 Å². The molecule has 1 amide bonds. The minimum atomic E-state index is -4.34. The first-order chi connectivity index (χ1) is 12.8. The Morgan fingerprint density at radius 3 is 2.48 bits per heavy atom. The van der Waals surface area contributed by atoms with Crippen LogP contribution in [0.25, 0.3) is 0 Å². The number of halogens is 3. The van der Waals surface area contributed by atoms with Crippen molar-refractivity contribution in [3.05, 3.63) is 35.4 Å². The Morgan fingerprint density at radius 2 is 1.89 bits per heavy atom. The van der Waals surface area contributed by atoms with Crippen LogP contribution in [-0.2, 0) is 20.5 Å². The average molecular weight is 381 g/mol. The first kappa shape index (κ1) is 18.3. The zero-order chi connectivity index (χ0) is 19.2. The Balaban J connectivity index is 1.32. The summed E-state index contributed by atoms with van der Waals surface area (Å²) in [4.78, 5) is 25.8. The van der Waals surface area contributed by atoms with Crippen LogP contribution in [0, 0.1) is 11.3 Å². The van der Waals surface area contributed by atoms with Crippen LogP contribution < -0.4 is 0 Å². The molecular weight excluding hydrogens is 359 g/mol. The van der Waals surface area contributed by atoms with Gasteiger partial charge in [-0.3, -0.25) is 9.59 Å². The van der Waals surface area contributed by atoms with Gasteiger partial charge in [0.2, 0.25) is 5.91 Å². The summed E-state index contributed by atoms with van der Waals surface area (Å²) in [6, 6.07) is 5.51. The maximum Gasteiger partial charge on any atom is 0.416 e. The van der Waals surface area contributed by atoms with Gasteiger partial charge in [0.15, 0.2) is 0 Å². The highest BCUT2D eigenvalue weighted by atomic mass is 19.4.